The van der Waals surface area contributed by atoms with Gasteiger partial charge >= 0.3 is 0 Å². The predicted molar refractivity (Wildman–Crippen MR) is 64.4 cm³/mol. The van der Waals surface area contributed by atoms with Crippen molar-refractivity contribution >= 4 is 17.4 Å². The van der Waals surface area contributed by atoms with Gasteiger partial charge in [-0.15, -0.1) is 0 Å². The van der Waals surface area contributed by atoms with Crippen LogP contribution in [-0.2, 0) is 0 Å². The van der Waals surface area contributed by atoms with Crippen LogP contribution in [0.3, 0.4) is 0 Å². The Morgan fingerprint density at radius 3 is 2.53 bits per heavy atom. The average Bonchev–Trinajstić information content (AvgIpc) is 2.15. The first-order valence-corrected chi connectivity index (χ1v) is 5.59. The maximum absolute atomic E-state index is 5.80. The molecule has 0 saturated carbocycles. The van der Waals surface area contributed by atoms with Gasteiger partial charge in [0.15, 0.2) is 0 Å². The molecule has 3 nitrogen and oxygen atoms in total. The molecule has 4 heteroatoms. The number of aromatic nitrogens is 2. The lowest BCUT2D eigenvalue weighted by Crippen LogP contribution is -2.30. The van der Waals surface area contributed by atoms with E-state index in [-0.39, 0.29) is 0 Å². The molecule has 0 saturated heterocycles. The highest BCUT2D eigenvalue weighted by atomic mass is 35.5. The van der Waals surface area contributed by atoms with Gasteiger partial charge in [0.1, 0.15) is 11.0 Å². The van der Waals surface area contributed by atoms with Crippen LogP contribution in [0.25, 0.3) is 0 Å². The van der Waals surface area contributed by atoms with Crippen molar-refractivity contribution in [2.24, 2.45) is 5.92 Å². The van der Waals surface area contributed by atoms with Gasteiger partial charge in [-0.2, -0.15) is 0 Å². The summed E-state index contributed by atoms with van der Waals surface area (Å²) in [5, 5.41) is 0.441. The summed E-state index contributed by atoms with van der Waals surface area (Å²) in [6.07, 6.45) is 4.42. The summed E-state index contributed by atoms with van der Waals surface area (Å²) in [5.41, 5.74) is 0. The minimum atomic E-state index is 0.441. The predicted octanol–water partition coefficient (Wildman–Crippen LogP) is 3.00. The average molecular weight is 228 g/mol. The fraction of sp³-hybridized carbons (Fsp3) is 0.636. The largest absolute Gasteiger partial charge is 0.356 e. The van der Waals surface area contributed by atoms with Crippen LogP contribution in [0.2, 0.25) is 5.15 Å². The van der Waals surface area contributed by atoms with E-state index < -0.39 is 0 Å². The van der Waals surface area contributed by atoms with Crippen LogP contribution in [0.1, 0.15) is 27.2 Å². The highest BCUT2D eigenvalue weighted by Crippen LogP contribution is 2.17. The quantitative estimate of drug-likeness (QED) is 0.792. The lowest BCUT2D eigenvalue weighted by atomic mass is 10.0. The second-order valence-electron chi connectivity index (χ2n) is 4.29. The van der Waals surface area contributed by atoms with Crippen LogP contribution in [0.5, 0.6) is 0 Å². The summed E-state index contributed by atoms with van der Waals surface area (Å²) >= 11 is 5.80. The van der Waals surface area contributed by atoms with Gasteiger partial charge in [0.25, 0.3) is 0 Å². The Morgan fingerprint density at radius 1 is 1.33 bits per heavy atom. The lowest BCUT2D eigenvalue weighted by Gasteiger charge is -2.26. The molecule has 1 heterocycles. The van der Waals surface area contributed by atoms with E-state index in [0.29, 0.717) is 17.1 Å². The fourth-order valence-corrected chi connectivity index (χ4v) is 1.71. The van der Waals surface area contributed by atoms with Gasteiger partial charge in [-0.05, 0) is 19.3 Å². The van der Waals surface area contributed by atoms with E-state index in [2.05, 4.69) is 35.6 Å². The second-order valence-corrected chi connectivity index (χ2v) is 4.68. The molecule has 1 unspecified atom stereocenters. The van der Waals surface area contributed by atoms with Gasteiger partial charge < -0.3 is 4.90 Å². The number of rotatable bonds is 4. The Balaban J connectivity index is 2.71. The molecular weight excluding hydrogens is 210 g/mol. The Bertz CT molecular complexity index is 314. The molecule has 0 bridgehead atoms. The molecule has 1 rings (SSSR count). The molecule has 84 valence electrons. The highest BCUT2D eigenvalue weighted by molar-refractivity contribution is 6.29. The third kappa shape index (κ3) is 3.67. The molecule has 0 spiro atoms. The van der Waals surface area contributed by atoms with Crippen molar-refractivity contribution < 1.29 is 0 Å². The molecule has 0 amide bonds. The van der Waals surface area contributed by atoms with E-state index in [9.17, 15) is 0 Å². The monoisotopic (exact) mass is 227 g/mol. The van der Waals surface area contributed by atoms with E-state index >= 15 is 0 Å². The normalized spacial score (nSPS) is 12.9. The van der Waals surface area contributed by atoms with Crippen molar-refractivity contribution in [3.8, 4) is 0 Å². The summed E-state index contributed by atoms with van der Waals surface area (Å²) in [4.78, 5) is 10.4. The van der Waals surface area contributed by atoms with Crippen molar-refractivity contribution in [1.29, 1.82) is 0 Å². The number of halogens is 1. The Kier molecular flexibility index (Phi) is 4.33. The maximum atomic E-state index is 5.80. The number of nitrogens with zero attached hydrogens (tertiary/aromatic N) is 3. The zero-order chi connectivity index (χ0) is 11.4. The maximum Gasteiger partial charge on any atom is 0.149 e. The van der Waals surface area contributed by atoms with Crippen LogP contribution in [0.4, 0.5) is 5.82 Å². The van der Waals surface area contributed by atoms with Gasteiger partial charge in [0, 0.05) is 13.1 Å². The molecule has 0 aliphatic carbocycles. The van der Waals surface area contributed by atoms with E-state index in [0.717, 1.165) is 12.2 Å². The Hall–Kier alpha value is -0.830. The van der Waals surface area contributed by atoms with Crippen molar-refractivity contribution in [2.45, 2.75) is 33.2 Å². The molecule has 0 fully saturated rings. The topological polar surface area (TPSA) is 29.0 Å². The van der Waals surface area contributed by atoms with Gasteiger partial charge in [0.05, 0.1) is 12.4 Å². The van der Waals surface area contributed by atoms with Gasteiger partial charge in [-0.3, -0.25) is 4.98 Å². The molecule has 0 radical (unpaired) electrons. The Labute approximate surface area is 96.5 Å². The van der Waals surface area contributed by atoms with Crippen LogP contribution in [-0.4, -0.2) is 23.1 Å². The molecule has 1 aromatic heterocycles. The number of anilines is 1. The third-order valence-electron chi connectivity index (χ3n) is 2.43. The van der Waals surface area contributed by atoms with Gasteiger partial charge in [-0.1, -0.05) is 25.4 Å². The first kappa shape index (κ1) is 12.2. The number of hydrogen-bond acceptors (Lipinski definition) is 3. The summed E-state index contributed by atoms with van der Waals surface area (Å²) < 4.78 is 0. The standard InChI is InChI=1S/C11H18ClN3/c1-8(2)5-9(3)15(4)11-7-13-6-10(12)14-11/h6-9H,5H2,1-4H3. The third-order valence-corrected chi connectivity index (χ3v) is 2.61. The molecule has 1 atom stereocenters. The summed E-state index contributed by atoms with van der Waals surface area (Å²) in [7, 11) is 2.02. The molecule has 15 heavy (non-hydrogen) atoms. The molecule has 0 aliphatic rings. The van der Waals surface area contributed by atoms with Gasteiger partial charge in [0.2, 0.25) is 0 Å². The van der Waals surface area contributed by atoms with Crippen LogP contribution >= 0.6 is 11.6 Å². The first-order valence-electron chi connectivity index (χ1n) is 5.21. The van der Waals surface area contributed by atoms with E-state index in [1.807, 2.05) is 7.05 Å². The molecular formula is C11H18ClN3. The van der Waals surface area contributed by atoms with Crippen LogP contribution < -0.4 is 4.90 Å². The lowest BCUT2D eigenvalue weighted by molar-refractivity contribution is 0.502. The smallest absolute Gasteiger partial charge is 0.149 e. The van der Waals surface area contributed by atoms with E-state index in [1.54, 1.807) is 12.4 Å². The molecule has 1 aromatic rings. The summed E-state index contributed by atoms with van der Waals surface area (Å²) in [6.45, 7) is 6.62. The minimum absolute atomic E-state index is 0.441. The van der Waals surface area contributed by atoms with E-state index in [1.165, 1.54) is 0 Å². The van der Waals surface area contributed by atoms with Crippen molar-refractivity contribution in [3.05, 3.63) is 17.5 Å². The fourth-order valence-electron chi connectivity index (χ4n) is 1.57. The highest BCUT2D eigenvalue weighted by Gasteiger charge is 2.13. The first-order chi connectivity index (χ1) is 7.00. The van der Waals surface area contributed by atoms with Crippen molar-refractivity contribution in [2.75, 3.05) is 11.9 Å². The Morgan fingerprint density at radius 2 is 2.00 bits per heavy atom. The van der Waals surface area contributed by atoms with Crippen molar-refractivity contribution in [3.63, 3.8) is 0 Å². The number of hydrogen-bond donors (Lipinski definition) is 0. The van der Waals surface area contributed by atoms with Gasteiger partial charge in [-0.25, -0.2) is 4.98 Å². The molecule has 0 aliphatic heterocycles. The zero-order valence-corrected chi connectivity index (χ0v) is 10.5. The van der Waals surface area contributed by atoms with Crippen LogP contribution in [0, 0.1) is 5.92 Å². The SMILES string of the molecule is CC(C)CC(C)N(C)c1cncc(Cl)n1. The zero-order valence-electron chi connectivity index (χ0n) is 9.74. The van der Waals surface area contributed by atoms with Crippen molar-refractivity contribution in [1.82, 2.24) is 9.97 Å². The van der Waals surface area contributed by atoms with Crippen LogP contribution in [0.15, 0.2) is 12.4 Å². The second kappa shape index (κ2) is 5.31. The molecule has 0 aromatic carbocycles. The summed E-state index contributed by atoms with van der Waals surface area (Å²) in [5.74, 6) is 1.50. The van der Waals surface area contributed by atoms with E-state index in [4.69, 9.17) is 11.6 Å². The minimum Gasteiger partial charge on any atom is -0.356 e. The summed E-state index contributed by atoms with van der Waals surface area (Å²) in [6, 6.07) is 0.442. The molecule has 0 N–H and O–H groups in total.